The van der Waals surface area contributed by atoms with Crippen LogP contribution in [0.15, 0.2) is 53.5 Å². The highest BCUT2D eigenvalue weighted by Gasteiger charge is 2.13. The number of nitro benzene ring substituents is 1. The van der Waals surface area contributed by atoms with E-state index in [4.69, 9.17) is 0 Å². The van der Waals surface area contributed by atoms with Crippen molar-refractivity contribution >= 4 is 35.6 Å². The van der Waals surface area contributed by atoms with Gasteiger partial charge in [-0.3, -0.25) is 15.1 Å². The quantitative estimate of drug-likeness (QED) is 0.245. The number of aliphatic imine (C=N–C) groups is 1. The van der Waals surface area contributed by atoms with Crippen LogP contribution in [0.1, 0.15) is 11.1 Å². The first-order valence-electron chi connectivity index (χ1n) is 7.39. The van der Waals surface area contributed by atoms with Crippen molar-refractivity contribution in [2.24, 2.45) is 4.99 Å². The van der Waals surface area contributed by atoms with E-state index in [-0.39, 0.29) is 42.0 Å². The van der Waals surface area contributed by atoms with E-state index in [2.05, 4.69) is 10.3 Å². The van der Waals surface area contributed by atoms with E-state index in [0.29, 0.717) is 18.1 Å². The molecule has 0 saturated heterocycles. The van der Waals surface area contributed by atoms with Gasteiger partial charge in [-0.25, -0.2) is 4.39 Å². The smallest absolute Gasteiger partial charge is 0.274 e. The summed E-state index contributed by atoms with van der Waals surface area (Å²) in [4.78, 5) is 16.6. The zero-order valence-electron chi connectivity index (χ0n) is 14.0. The van der Waals surface area contributed by atoms with Gasteiger partial charge < -0.3 is 10.2 Å². The van der Waals surface area contributed by atoms with Gasteiger partial charge in [-0.2, -0.15) is 0 Å². The molecule has 0 aliphatic rings. The molecule has 0 aliphatic carbocycles. The molecule has 134 valence electrons. The third-order valence-corrected chi connectivity index (χ3v) is 3.51. The van der Waals surface area contributed by atoms with Gasteiger partial charge in [0.25, 0.3) is 5.69 Å². The topological polar surface area (TPSA) is 70.8 Å². The Kier molecular flexibility index (Phi) is 8.26. The van der Waals surface area contributed by atoms with E-state index in [0.717, 1.165) is 5.56 Å². The molecule has 0 fully saturated rings. The number of rotatable bonds is 5. The van der Waals surface area contributed by atoms with Crippen LogP contribution in [0.25, 0.3) is 0 Å². The molecule has 0 saturated carbocycles. The van der Waals surface area contributed by atoms with Crippen molar-refractivity contribution in [3.8, 4) is 0 Å². The van der Waals surface area contributed by atoms with E-state index in [1.165, 1.54) is 18.2 Å². The molecule has 1 N–H and O–H groups in total. The Bertz CT molecular complexity index is 755. The second-order valence-electron chi connectivity index (χ2n) is 5.27. The van der Waals surface area contributed by atoms with Crippen molar-refractivity contribution in [1.29, 1.82) is 0 Å². The molecule has 6 nitrogen and oxygen atoms in total. The molecule has 0 spiro atoms. The van der Waals surface area contributed by atoms with Crippen LogP contribution >= 0.6 is 24.0 Å². The molecule has 0 aromatic heterocycles. The first-order chi connectivity index (χ1) is 11.5. The van der Waals surface area contributed by atoms with Gasteiger partial charge in [-0.15, -0.1) is 24.0 Å². The summed E-state index contributed by atoms with van der Waals surface area (Å²) in [6.07, 6.45) is 0. The maximum atomic E-state index is 13.3. The monoisotopic (exact) mass is 458 g/mol. The fraction of sp³-hybridized carbons (Fsp3) is 0.235. The third-order valence-electron chi connectivity index (χ3n) is 3.51. The number of hydrogen-bond acceptors (Lipinski definition) is 3. The number of nitrogens with zero attached hydrogens (tertiary/aromatic N) is 3. The van der Waals surface area contributed by atoms with Crippen LogP contribution in [-0.4, -0.2) is 29.9 Å². The molecular weight excluding hydrogens is 438 g/mol. The summed E-state index contributed by atoms with van der Waals surface area (Å²) in [5.41, 5.74) is 1.45. The van der Waals surface area contributed by atoms with E-state index in [9.17, 15) is 14.5 Å². The zero-order chi connectivity index (χ0) is 17.5. The summed E-state index contributed by atoms with van der Waals surface area (Å²) in [7, 11) is 3.45. The molecular formula is C17H20FIN4O2. The van der Waals surface area contributed by atoms with Crippen molar-refractivity contribution in [3.63, 3.8) is 0 Å². The molecule has 0 amide bonds. The molecule has 0 bridgehead atoms. The molecule has 8 heteroatoms. The Labute approximate surface area is 162 Å². The summed E-state index contributed by atoms with van der Waals surface area (Å²) in [6, 6.07) is 12.9. The summed E-state index contributed by atoms with van der Waals surface area (Å²) >= 11 is 0. The van der Waals surface area contributed by atoms with Crippen molar-refractivity contribution in [3.05, 3.63) is 75.6 Å². The first-order valence-corrected chi connectivity index (χ1v) is 7.39. The van der Waals surface area contributed by atoms with Crippen molar-refractivity contribution < 1.29 is 9.31 Å². The lowest BCUT2D eigenvalue weighted by Gasteiger charge is -2.22. The van der Waals surface area contributed by atoms with E-state index < -0.39 is 4.92 Å². The van der Waals surface area contributed by atoms with Gasteiger partial charge in [0.15, 0.2) is 5.96 Å². The SMILES string of the molecule is CN=C(NCc1ccccc1[N+](=O)[O-])N(C)Cc1cccc(F)c1.I. The number of benzene rings is 2. The molecule has 2 aromatic carbocycles. The van der Waals surface area contributed by atoms with Gasteiger partial charge in [0.2, 0.25) is 0 Å². The maximum Gasteiger partial charge on any atom is 0.274 e. The third kappa shape index (κ3) is 5.96. The van der Waals surface area contributed by atoms with Crippen LogP contribution in [0.2, 0.25) is 0 Å². The predicted molar refractivity (Wildman–Crippen MR) is 107 cm³/mol. The van der Waals surface area contributed by atoms with Crippen molar-refractivity contribution in [2.75, 3.05) is 14.1 Å². The van der Waals surface area contributed by atoms with Gasteiger partial charge in [0.1, 0.15) is 5.82 Å². The lowest BCUT2D eigenvalue weighted by atomic mass is 10.2. The number of hydrogen-bond donors (Lipinski definition) is 1. The number of nitro groups is 1. The van der Waals surface area contributed by atoms with Gasteiger partial charge in [-0.1, -0.05) is 30.3 Å². The maximum absolute atomic E-state index is 13.3. The summed E-state index contributed by atoms with van der Waals surface area (Å²) in [5, 5.41) is 14.1. The minimum Gasteiger partial charge on any atom is -0.352 e. The average Bonchev–Trinajstić information content (AvgIpc) is 2.55. The van der Waals surface area contributed by atoms with Crippen LogP contribution in [0.3, 0.4) is 0 Å². The molecule has 0 unspecified atom stereocenters. The van der Waals surface area contributed by atoms with Gasteiger partial charge >= 0.3 is 0 Å². The molecule has 25 heavy (non-hydrogen) atoms. The van der Waals surface area contributed by atoms with E-state index in [1.54, 1.807) is 31.3 Å². The normalized spacial score (nSPS) is 10.8. The Morgan fingerprint density at radius 1 is 1.28 bits per heavy atom. The Balaban J connectivity index is 0.00000312. The average molecular weight is 458 g/mol. The fourth-order valence-corrected chi connectivity index (χ4v) is 2.38. The lowest BCUT2D eigenvalue weighted by molar-refractivity contribution is -0.385. The molecule has 0 radical (unpaired) electrons. The minimum absolute atomic E-state index is 0. The van der Waals surface area contributed by atoms with Gasteiger partial charge in [0, 0.05) is 38.8 Å². The molecule has 0 heterocycles. The highest BCUT2D eigenvalue weighted by atomic mass is 127. The van der Waals surface area contributed by atoms with Crippen LogP contribution in [0.5, 0.6) is 0 Å². The second-order valence-corrected chi connectivity index (χ2v) is 5.27. The van der Waals surface area contributed by atoms with Crippen molar-refractivity contribution in [2.45, 2.75) is 13.1 Å². The van der Waals surface area contributed by atoms with Gasteiger partial charge in [-0.05, 0) is 17.7 Å². The molecule has 0 aliphatic heterocycles. The number of nitrogens with one attached hydrogen (secondary N) is 1. The van der Waals surface area contributed by atoms with Crippen molar-refractivity contribution in [1.82, 2.24) is 10.2 Å². The van der Waals surface area contributed by atoms with Crippen LogP contribution in [-0.2, 0) is 13.1 Å². The summed E-state index contributed by atoms with van der Waals surface area (Å²) in [5.74, 6) is 0.279. The largest absolute Gasteiger partial charge is 0.352 e. The molecule has 0 atom stereocenters. The Morgan fingerprint density at radius 2 is 2.00 bits per heavy atom. The van der Waals surface area contributed by atoms with Gasteiger partial charge in [0.05, 0.1) is 4.92 Å². The molecule has 2 aromatic rings. The summed E-state index contributed by atoms with van der Waals surface area (Å²) in [6.45, 7) is 0.742. The minimum atomic E-state index is -0.407. The Hall–Kier alpha value is -2.23. The Morgan fingerprint density at radius 3 is 2.64 bits per heavy atom. The number of halogens is 2. The number of guanidine groups is 1. The zero-order valence-corrected chi connectivity index (χ0v) is 16.3. The first kappa shape index (κ1) is 20.8. The number of para-hydroxylation sites is 1. The summed E-state index contributed by atoms with van der Waals surface area (Å²) < 4.78 is 13.3. The van der Waals surface area contributed by atoms with Crippen LogP contribution < -0.4 is 5.32 Å². The van der Waals surface area contributed by atoms with Crippen LogP contribution in [0, 0.1) is 15.9 Å². The fourth-order valence-electron chi connectivity index (χ4n) is 2.38. The van der Waals surface area contributed by atoms with E-state index in [1.807, 2.05) is 18.0 Å². The lowest BCUT2D eigenvalue weighted by Crippen LogP contribution is -2.38. The predicted octanol–water partition coefficient (Wildman–Crippen LogP) is 3.56. The highest BCUT2D eigenvalue weighted by Crippen LogP contribution is 2.17. The standard InChI is InChI=1S/C17H19FN4O2.HI/c1-19-17(21(2)12-13-6-5-8-15(18)10-13)20-11-14-7-3-4-9-16(14)22(23)24;/h3-10H,11-12H2,1-2H3,(H,19,20);1H. The van der Waals surface area contributed by atoms with E-state index >= 15 is 0 Å². The van der Waals surface area contributed by atoms with Crippen LogP contribution in [0.4, 0.5) is 10.1 Å². The highest BCUT2D eigenvalue weighted by molar-refractivity contribution is 14.0. The second kappa shape index (κ2) is 9.92. The molecule has 2 rings (SSSR count).